The number of carbonyl (C=O) groups is 4. The highest BCUT2D eigenvalue weighted by molar-refractivity contribution is 8.00. The van der Waals surface area contributed by atoms with Crippen molar-refractivity contribution in [1.82, 2.24) is 26.6 Å². The molecule has 2 aliphatic heterocycles. The van der Waals surface area contributed by atoms with E-state index in [1.807, 2.05) is 55.9 Å². The van der Waals surface area contributed by atoms with Crippen LogP contribution in [-0.2, 0) is 20.8 Å². The van der Waals surface area contributed by atoms with Gasteiger partial charge in [0.05, 0.1) is 18.1 Å². The Morgan fingerprint density at radius 3 is 2.44 bits per heavy atom. The smallest absolute Gasteiger partial charge is 0.315 e. The lowest BCUT2D eigenvalue weighted by Gasteiger charge is -2.21. The number of thioether (sulfide) groups is 1. The number of nitrogens with two attached hydrogens (primary N) is 1. The predicted octanol–water partition coefficient (Wildman–Crippen LogP) is 2.22. The van der Waals surface area contributed by atoms with Crippen molar-refractivity contribution < 1.29 is 19.2 Å². The van der Waals surface area contributed by atoms with Gasteiger partial charge in [0, 0.05) is 36.9 Å². The minimum atomic E-state index is -0.690. The molecule has 1 aromatic carbocycles. The number of carbonyl (C=O) groups excluding carboxylic acids is 4. The summed E-state index contributed by atoms with van der Waals surface area (Å²) < 4.78 is 0. The molecule has 2 saturated heterocycles. The van der Waals surface area contributed by atoms with Crippen molar-refractivity contribution in [2.24, 2.45) is 11.7 Å². The van der Waals surface area contributed by atoms with Gasteiger partial charge in [0.1, 0.15) is 6.04 Å². The Labute approximate surface area is 248 Å². The van der Waals surface area contributed by atoms with E-state index in [9.17, 15) is 19.2 Å². The molecule has 7 N–H and O–H groups in total. The zero-order valence-corrected chi connectivity index (χ0v) is 25.3. The fourth-order valence-electron chi connectivity index (χ4n) is 5.30. The Balaban J connectivity index is 1.26. The van der Waals surface area contributed by atoms with Gasteiger partial charge < -0.3 is 32.3 Å². The van der Waals surface area contributed by atoms with Gasteiger partial charge >= 0.3 is 6.03 Å². The summed E-state index contributed by atoms with van der Waals surface area (Å²) in [5.74, 6) is 0.783. The Hall–Kier alpha value is -2.79. The quantitative estimate of drug-likeness (QED) is 0.114. The van der Waals surface area contributed by atoms with Gasteiger partial charge in [-0.2, -0.15) is 11.8 Å². The number of rotatable bonds is 18. The van der Waals surface area contributed by atoms with E-state index in [0.717, 1.165) is 49.8 Å². The zero-order valence-electron chi connectivity index (χ0n) is 24.5. The summed E-state index contributed by atoms with van der Waals surface area (Å²) in [5, 5.41) is 15.2. The van der Waals surface area contributed by atoms with E-state index in [0.29, 0.717) is 37.6 Å². The molecule has 0 saturated carbocycles. The van der Waals surface area contributed by atoms with Crippen molar-refractivity contribution in [3.63, 3.8) is 0 Å². The lowest BCUT2D eigenvalue weighted by Crippen LogP contribution is -2.52. The minimum Gasteiger partial charge on any atom is -0.356 e. The van der Waals surface area contributed by atoms with Crippen LogP contribution in [0.5, 0.6) is 0 Å². The molecule has 0 aromatic heterocycles. The van der Waals surface area contributed by atoms with Gasteiger partial charge in [-0.3, -0.25) is 14.4 Å². The van der Waals surface area contributed by atoms with Crippen molar-refractivity contribution in [3.8, 4) is 0 Å². The summed E-state index contributed by atoms with van der Waals surface area (Å²) in [4.78, 5) is 49.2. The second-order valence-corrected chi connectivity index (χ2v) is 12.8. The maximum atomic E-state index is 12.9. The Morgan fingerprint density at radius 1 is 0.976 bits per heavy atom. The standard InChI is InChI=1S/C30H48N6O4S/c1-20(2)17-22(31)28(38)34-23(18-21-11-5-3-6-12-21)29(39)33-16-10-4-9-15-32-26(37)14-8-7-13-25-27-24(19-41-25)35-30(40)36-27/h3,5-6,11-12,20,22-25,27H,4,7-10,13-19,31H2,1-2H3,(H,32,37)(H,33,39)(H,34,38)(H2,35,36,40)/t22-,23-,24-,25-,27-/m0/s1. The second kappa shape index (κ2) is 17.2. The molecule has 2 aliphatic rings. The van der Waals surface area contributed by atoms with Crippen LogP contribution in [0.4, 0.5) is 4.79 Å². The first kappa shape index (κ1) is 32.7. The Morgan fingerprint density at radius 2 is 1.71 bits per heavy atom. The molecular weight excluding hydrogens is 540 g/mol. The van der Waals surface area contributed by atoms with E-state index in [1.165, 1.54) is 0 Å². The van der Waals surface area contributed by atoms with Crippen molar-refractivity contribution >= 4 is 35.5 Å². The van der Waals surface area contributed by atoms with Crippen LogP contribution in [0.1, 0.15) is 70.8 Å². The SMILES string of the molecule is CC(C)C[C@H](N)C(=O)N[C@@H](Cc1ccccc1)C(=O)NCCCCCNC(=O)CCCC[C@@H]1SC[C@@H]2NC(=O)N[C@@H]21. The van der Waals surface area contributed by atoms with Gasteiger partial charge in [-0.1, -0.05) is 50.6 Å². The summed E-state index contributed by atoms with van der Waals surface area (Å²) >= 11 is 1.90. The summed E-state index contributed by atoms with van der Waals surface area (Å²) in [7, 11) is 0. The minimum absolute atomic E-state index is 0.0643. The molecule has 3 rings (SSSR count). The first-order chi connectivity index (χ1) is 19.7. The lowest BCUT2D eigenvalue weighted by molar-refractivity contribution is -0.129. The first-order valence-electron chi connectivity index (χ1n) is 15.1. The number of unbranched alkanes of at least 4 members (excludes halogenated alkanes) is 3. The topological polar surface area (TPSA) is 154 Å². The largest absolute Gasteiger partial charge is 0.356 e. The monoisotopic (exact) mass is 588 g/mol. The molecule has 2 fully saturated rings. The molecule has 1 aromatic rings. The maximum absolute atomic E-state index is 12.9. The van der Waals surface area contributed by atoms with Crippen LogP contribution in [0.3, 0.4) is 0 Å². The molecule has 0 bridgehead atoms. The molecule has 2 heterocycles. The molecule has 0 spiro atoms. The van der Waals surface area contributed by atoms with Crippen molar-refractivity contribution in [2.75, 3.05) is 18.8 Å². The number of fused-ring (bicyclic) bond motifs is 1. The van der Waals surface area contributed by atoms with E-state index in [-0.39, 0.29) is 41.8 Å². The molecule has 0 aliphatic carbocycles. The van der Waals surface area contributed by atoms with Crippen LogP contribution in [0, 0.1) is 5.92 Å². The molecule has 11 heteroatoms. The third kappa shape index (κ3) is 11.5. The third-order valence-corrected chi connectivity index (χ3v) is 9.04. The summed E-state index contributed by atoms with van der Waals surface area (Å²) in [6.07, 6.45) is 6.79. The highest BCUT2D eigenvalue weighted by atomic mass is 32.2. The maximum Gasteiger partial charge on any atom is 0.315 e. The predicted molar refractivity (Wildman–Crippen MR) is 163 cm³/mol. The molecule has 228 valence electrons. The van der Waals surface area contributed by atoms with Gasteiger partial charge in [0.25, 0.3) is 0 Å². The molecule has 5 atom stereocenters. The van der Waals surface area contributed by atoms with Gasteiger partial charge in [0.2, 0.25) is 17.7 Å². The molecule has 0 unspecified atom stereocenters. The number of nitrogens with one attached hydrogen (secondary N) is 5. The van der Waals surface area contributed by atoms with E-state index < -0.39 is 12.1 Å². The Bertz CT molecular complexity index is 994. The fourth-order valence-corrected chi connectivity index (χ4v) is 6.85. The number of amides is 5. The zero-order chi connectivity index (χ0) is 29.6. The molecular formula is C30H48N6O4S. The first-order valence-corrected chi connectivity index (χ1v) is 16.1. The number of hydrogen-bond donors (Lipinski definition) is 6. The normalized spacial score (nSPS) is 21.0. The van der Waals surface area contributed by atoms with Gasteiger partial charge in [-0.15, -0.1) is 0 Å². The van der Waals surface area contributed by atoms with Crippen LogP contribution < -0.4 is 32.3 Å². The fraction of sp³-hybridized carbons (Fsp3) is 0.667. The van der Waals surface area contributed by atoms with E-state index in [1.54, 1.807) is 0 Å². The Kier molecular flexibility index (Phi) is 13.8. The lowest BCUT2D eigenvalue weighted by atomic mass is 10.0. The van der Waals surface area contributed by atoms with E-state index in [4.69, 9.17) is 5.73 Å². The summed E-state index contributed by atoms with van der Waals surface area (Å²) in [5.41, 5.74) is 7.01. The van der Waals surface area contributed by atoms with Crippen molar-refractivity contribution in [3.05, 3.63) is 35.9 Å². The number of benzene rings is 1. The molecule has 5 amide bonds. The summed E-state index contributed by atoms with van der Waals surface area (Å²) in [6, 6.07) is 8.66. The van der Waals surface area contributed by atoms with E-state index in [2.05, 4.69) is 26.6 Å². The van der Waals surface area contributed by atoms with Crippen molar-refractivity contribution in [1.29, 1.82) is 0 Å². The van der Waals surface area contributed by atoms with Crippen molar-refractivity contribution in [2.45, 2.75) is 101 Å². The highest BCUT2D eigenvalue weighted by Gasteiger charge is 2.42. The van der Waals surface area contributed by atoms with Crippen LogP contribution in [0.2, 0.25) is 0 Å². The number of urea groups is 1. The third-order valence-electron chi connectivity index (χ3n) is 7.53. The average Bonchev–Trinajstić information content (AvgIpc) is 3.49. The highest BCUT2D eigenvalue weighted by Crippen LogP contribution is 2.33. The number of hydrogen-bond acceptors (Lipinski definition) is 6. The summed E-state index contributed by atoms with van der Waals surface area (Å²) in [6.45, 7) is 5.14. The van der Waals surface area contributed by atoms with Crippen LogP contribution in [0.15, 0.2) is 30.3 Å². The second-order valence-electron chi connectivity index (χ2n) is 11.6. The van der Waals surface area contributed by atoms with Crippen LogP contribution in [0.25, 0.3) is 0 Å². The van der Waals surface area contributed by atoms with E-state index >= 15 is 0 Å². The van der Waals surface area contributed by atoms with Gasteiger partial charge in [-0.05, 0) is 50.0 Å². The van der Waals surface area contributed by atoms with Gasteiger partial charge in [-0.25, -0.2) is 4.79 Å². The average molecular weight is 589 g/mol. The molecule has 10 nitrogen and oxygen atoms in total. The molecule has 41 heavy (non-hydrogen) atoms. The van der Waals surface area contributed by atoms with Crippen LogP contribution >= 0.6 is 11.8 Å². The molecule has 0 radical (unpaired) electrons. The van der Waals surface area contributed by atoms with Gasteiger partial charge in [0.15, 0.2) is 0 Å². The van der Waals surface area contributed by atoms with Crippen LogP contribution in [-0.4, -0.2) is 72.0 Å².